The Morgan fingerprint density at radius 1 is 0.952 bits per heavy atom. The third kappa shape index (κ3) is 4.97. The molecule has 0 bridgehead atoms. The molecular formula is C14H9Cl4NOS. The van der Waals surface area contributed by atoms with Crippen molar-refractivity contribution in [3.63, 3.8) is 0 Å². The van der Waals surface area contributed by atoms with Gasteiger partial charge in [0.25, 0.3) is 0 Å². The van der Waals surface area contributed by atoms with Gasteiger partial charge < -0.3 is 5.32 Å². The van der Waals surface area contributed by atoms with Crippen LogP contribution in [0.4, 0.5) is 5.69 Å². The lowest BCUT2D eigenvalue weighted by atomic mass is 10.3. The first kappa shape index (κ1) is 16.8. The summed E-state index contributed by atoms with van der Waals surface area (Å²) >= 11 is 25.0. The molecule has 1 N–H and O–H groups in total. The summed E-state index contributed by atoms with van der Waals surface area (Å²) in [6.07, 6.45) is 0. The normalized spacial score (nSPS) is 10.5. The van der Waals surface area contributed by atoms with Crippen molar-refractivity contribution >= 4 is 69.8 Å². The van der Waals surface area contributed by atoms with Crippen LogP contribution in [0.3, 0.4) is 0 Å². The third-order valence-electron chi connectivity index (χ3n) is 2.46. The Labute approximate surface area is 146 Å². The second-order valence-electron chi connectivity index (χ2n) is 4.04. The van der Waals surface area contributed by atoms with Gasteiger partial charge in [0.2, 0.25) is 5.91 Å². The van der Waals surface area contributed by atoms with E-state index in [0.29, 0.717) is 25.8 Å². The van der Waals surface area contributed by atoms with Gasteiger partial charge in [-0.2, -0.15) is 0 Å². The molecule has 2 rings (SSSR count). The van der Waals surface area contributed by atoms with Crippen LogP contribution in [0.5, 0.6) is 0 Å². The Kier molecular flexibility index (Phi) is 6.08. The summed E-state index contributed by atoms with van der Waals surface area (Å²) < 4.78 is 0. The fourth-order valence-electron chi connectivity index (χ4n) is 1.51. The summed E-state index contributed by atoms with van der Waals surface area (Å²) in [6, 6.07) is 9.99. The molecule has 0 saturated heterocycles. The molecule has 1 amide bonds. The van der Waals surface area contributed by atoms with E-state index in [-0.39, 0.29) is 11.7 Å². The Morgan fingerprint density at radius 3 is 2.33 bits per heavy atom. The molecule has 0 aliphatic carbocycles. The summed E-state index contributed by atoms with van der Waals surface area (Å²) in [7, 11) is 0. The van der Waals surface area contributed by atoms with E-state index in [2.05, 4.69) is 5.32 Å². The van der Waals surface area contributed by atoms with Crippen molar-refractivity contribution in [2.45, 2.75) is 4.90 Å². The van der Waals surface area contributed by atoms with Gasteiger partial charge in [0.05, 0.1) is 21.5 Å². The molecule has 110 valence electrons. The highest BCUT2D eigenvalue weighted by Crippen LogP contribution is 2.30. The van der Waals surface area contributed by atoms with Crippen molar-refractivity contribution in [3.05, 3.63) is 56.5 Å². The minimum atomic E-state index is -0.194. The summed E-state index contributed by atoms with van der Waals surface area (Å²) in [4.78, 5) is 12.7. The maximum absolute atomic E-state index is 11.9. The molecule has 0 heterocycles. The van der Waals surface area contributed by atoms with Gasteiger partial charge >= 0.3 is 0 Å². The summed E-state index contributed by atoms with van der Waals surface area (Å²) in [5, 5.41) is 4.75. The maximum Gasteiger partial charge on any atom is 0.234 e. The van der Waals surface area contributed by atoms with E-state index in [1.54, 1.807) is 36.4 Å². The first-order chi connectivity index (χ1) is 9.95. The maximum atomic E-state index is 11.9. The van der Waals surface area contributed by atoms with Gasteiger partial charge in [-0.25, -0.2) is 0 Å². The number of anilines is 1. The Balaban J connectivity index is 1.97. The molecule has 2 aromatic rings. The quantitative estimate of drug-likeness (QED) is 0.656. The minimum Gasteiger partial charge on any atom is -0.324 e. The second kappa shape index (κ2) is 7.61. The van der Waals surface area contributed by atoms with Crippen LogP contribution in [0.15, 0.2) is 41.3 Å². The number of thioether (sulfide) groups is 1. The van der Waals surface area contributed by atoms with Crippen LogP contribution in [0.2, 0.25) is 20.1 Å². The van der Waals surface area contributed by atoms with E-state index in [4.69, 9.17) is 46.4 Å². The highest BCUT2D eigenvalue weighted by molar-refractivity contribution is 8.00. The van der Waals surface area contributed by atoms with Gasteiger partial charge in [0.1, 0.15) is 0 Å². The number of amides is 1. The van der Waals surface area contributed by atoms with E-state index in [1.165, 1.54) is 11.8 Å². The number of carbonyl (C=O) groups excluding carboxylic acids is 1. The summed E-state index contributed by atoms with van der Waals surface area (Å²) in [5.74, 6) is -0.000730. The number of carbonyl (C=O) groups is 1. The monoisotopic (exact) mass is 379 g/mol. The second-order valence-corrected chi connectivity index (χ2v) is 6.74. The number of hydrogen-bond acceptors (Lipinski definition) is 2. The van der Waals surface area contributed by atoms with E-state index in [0.717, 1.165) is 4.90 Å². The molecule has 2 nitrogen and oxygen atoms in total. The minimum absolute atomic E-state index is 0.193. The number of halogens is 4. The van der Waals surface area contributed by atoms with Crippen LogP contribution >= 0.6 is 58.2 Å². The molecule has 0 aliphatic heterocycles. The molecule has 0 unspecified atom stereocenters. The zero-order valence-corrected chi connectivity index (χ0v) is 14.3. The standard InChI is InChI=1S/C14H9Cl4NOS/c15-8-2-4-12(11(18)5-8)19-14(20)7-21-13-6-9(16)1-3-10(13)17/h1-6H,7H2,(H,19,20). The van der Waals surface area contributed by atoms with E-state index in [9.17, 15) is 4.79 Å². The molecule has 0 saturated carbocycles. The molecule has 0 aromatic heterocycles. The van der Waals surface area contributed by atoms with Gasteiger partial charge in [0, 0.05) is 14.9 Å². The zero-order chi connectivity index (χ0) is 15.4. The van der Waals surface area contributed by atoms with Crippen molar-refractivity contribution in [2.24, 2.45) is 0 Å². The average Bonchev–Trinajstić information content (AvgIpc) is 2.43. The third-order valence-corrected chi connectivity index (χ3v) is 4.74. The first-order valence-corrected chi connectivity index (χ1v) is 8.28. The lowest BCUT2D eigenvalue weighted by molar-refractivity contribution is -0.113. The lowest BCUT2D eigenvalue weighted by Crippen LogP contribution is -2.14. The molecular weight excluding hydrogens is 372 g/mol. The highest BCUT2D eigenvalue weighted by Gasteiger charge is 2.09. The fraction of sp³-hybridized carbons (Fsp3) is 0.0714. The molecule has 0 aliphatic rings. The van der Waals surface area contributed by atoms with Gasteiger partial charge in [-0.3, -0.25) is 4.79 Å². The molecule has 0 fully saturated rings. The van der Waals surface area contributed by atoms with Crippen molar-refractivity contribution in [3.8, 4) is 0 Å². The number of rotatable bonds is 4. The SMILES string of the molecule is O=C(CSc1cc(Cl)ccc1Cl)Nc1ccc(Cl)cc1Cl. The predicted octanol–water partition coefficient (Wildman–Crippen LogP) is 6.03. The van der Waals surface area contributed by atoms with Gasteiger partial charge in [-0.1, -0.05) is 46.4 Å². The van der Waals surface area contributed by atoms with Crippen LogP contribution in [0, 0.1) is 0 Å². The van der Waals surface area contributed by atoms with Crippen LogP contribution in [-0.4, -0.2) is 11.7 Å². The number of benzene rings is 2. The predicted molar refractivity (Wildman–Crippen MR) is 92.3 cm³/mol. The van der Waals surface area contributed by atoms with Crippen molar-refractivity contribution in [1.82, 2.24) is 0 Å². The highest BCUT2D eigenvalue weighted by atomic mass is 35.5. The van der Waals surface area contributed by atoms with Crippen LogP contribution in [0.1, 0.15) is 0 Å². The Bertz CT molecular complexity index is 678. The van der Waals surface area contributed by atoms with Crippen molar-refractivity contribution in [2.75, 3.05) is 11.1 Å². The topological polar surface area (TPSA) is 29.1 Å². The van der Waals surface area contributed by atoms with E-state index < -0.39 is 0 Å². The Morgan fingerprint density at radius 2 is 1.62 bits per heavy atom. The number of nitrogens with one attached hydrogen (secondary N) is 1. The van der Waals surface area contributed by atoms with Gasteiger partial charge in [0.15, 0.2) is 0 Å². The molecule has 0 atom stereocenters. The summed E-state index contributed by atoms with van der Waals surface area (Å²) in [5.41, 5.74) is 0.517. The van der Waals surface area contributed by atoms with Crippen LogP contribution in [0.25, 0.3) is 0 Å². The summed E-state index contributed by atoms with van der Waals surface area (Å²) in [6.45, 7) is 0. The lowest BCUT2D eigenvalue weighted by Gasteiger charge is -2.08. The van der Waals surface area contributed by atoms with Gasteiger partial charge in [-0.15, -0.1) is 11.8 Å². The molecule has 2 aromatic carbocycles. The first-order valence-electron chi connectivity index (χ1n) is 5.78. The average molecular weight is 381 g/mol. The van der Waals surface area contributed by atoms with Gasteiger partial charge in [-0.05, 0) is 36.4 Å². The molecule has 0 radical (unpaired) electrons. The largest absolute Gasteiger partial charge is 0.324 e. The van der Waals surface area contributed by atoms with E-state index >= 15 is 0 Å². The smallest absolute Gasteiger partial charge is 0.234 e. The molecule has 7 heteroatoms. The molecule has 0 spiro atoms. The van der Waals surface area contributed by atoms with Crippen LogP contribution < -0.4 is 5.32 Å². The van der Waals surface area contributed by atoms with E-state index in [1.807, 2.05) is 0 Å². The Hall–Kier alpha value is -0.580. The van der Waals surface area contributed by atoms with Crippen LogP contribution in [-0.2, 0) is 4.79 Å². The molecule has 21 heavy (non-hydrogen) atoms. The van der Waals surface area contributed by atoms with Crippen molar-refractivity contribution < 1.29 is 4.79 Å². The fourth-order valence-corrected chi connectivity index (χ4v) is 3.26. The van der Waals surface area contributed by atoms with Crippen molar-refractivity contribution in [1.29, 1.82) is 0 Å². The zero-order valence-electron chi connectivity index (χ0n) is 10.5. The number of hydrogen-bond donors (Lipinski definition) is 1.